The quantitative estimate of drug-likeness (QED) is 0.165. The SMILES string of the molecule is CC1(C)c2ccccc2-c2ccc(-n3c4ccccc4c4c5ccccc5c(N(c5ccc(-c6ccccc6)cc5)c5ccc(-c6ccccc6)cc5)cc43)cc21. The fourth-order valence-electron chi connectivity index (χ4n) is 9.40. The number of hydrogen-bond donors (Lipinski definition) is 0. The molecule has 1 aliphatic carbocycles. The highest BCUT2D eigenvalue weighted by atomic mass is 15.1. The lowest BCUT2D eigenvalue weighted by Crippen LogP contribution is -2.15. The zero-order valence-corrected chi connectivity index (χ0v) is 32.0. The molecular formula is C55H40N2. The molecule has 0 saturated carbocycles. The average Bonchev–Trinajstić information content (AvgIpc) is 3.73. The second-order valence-electron chi connectivity index (χ2n) is 15.7. The van der Waals surface area contributed by atoms with Gasteiger partial charge in [0, 0.05) is 38.6 Å². The molecule has 1 heterocycles. The van der Waals surface area contributed by atoms with Crippen molar-refractivity contribution in [3.05, 3.63) is 217 Å². The molecule has 10 aromatic rings. The number of rotatable bonds is 6. The maximum atomic E-state index is 2.50. The monoisotopic (exact) mass is 728 g/mol. The fraction of sp³-hybridized carbons (Fsp3) is 0.0545. The van der Waals surface area contributed by atoms with Gasteiger partial charge < -0.3 is 9.47 Å². The second-order valence-corrected chi connectivity index (χ2v) is 15.7. The highest BCUT2D eigenvalue weighted by Crippen LogP contribution is 2.50. The van der Waals surface area contributed by atoms with Crippen molar-refractivity contribution in [1.29, 1.82) is 0 Å². The molecule has 1 aliphatic rings. The van der Waals surface area contributed by atoms with Crippen molar-refractivity contribution in [2.75, 3.05) is 4.90 Å². The van der Waals surface area contributed by atoms with Crippen LogP contribution in [-0.2, 0) is 5.41 Å². The van der Waals surface area contributed by atoms with E-state index in [9.17, 15) is 0 Å². The molecule has 57 heavy (non-hydrogen) atoms. The first-order valence-electron chi connectivity index (χ1n) is 19.9. The highest BCUT2D eigenvalue weighted by Gasteiger charge is 2.35. The van der Waals surface area contributed by atoms with E-state index in [1.165, 1.54) is 82.8 Å². The molecule has 1 aromatic heterocycles. The Morgan fingerprint density at radius 2 is 0.895 bits per heavy atom. The molecule has 0 radical (unpaired) electrons. The first-order valence-corrected chi connectivity index (χ1v) is 19.9. The van der Waals surface area contributed by atoms with Crippen LogP contribution in [0.1, 0.15) is 25.0 Å². The zero-order valence-electron chi connectivity index (χ0n) is 32.0. The molecule has 0 spiro atoms. The van der Waals surface area contributed by atoms with E-state index >= 15 is 0 Å². The molecular weight excluding hydrogens is 689 g/mol. The van der Waals surface area contributed by atoms with E-state index in [2.05, 4.69) is 230 Å². The van der Waals surface area contributed by atoms with Crippen LogP contribution < -0.4 is 4.90 Å². The van der Waals surface area contributed by atoms with Crippen LogP contribution in [0.2, 0.25) is 0 Å². The van der Waals surface area contributed by atoms with E-state index in [0.29, 0.717) is 0 Å². The molecule has 0 unspecified atom stereocenters. The molecule has 11 rings (SSSR count). The van der Waals surface area contributed by atoms with Gasteiger partial charge in [-0.05, 0) is 98.4 Å². The van der Waals surface area contributed by atoms with Crippen LogP contribution in [0.25, 0.3) is 71.6 Å². The van der Waals surface area contributed by atoms with Crippen LogP contribution in [0, 0.1) is 0 Å². The van der Waals surface area contributed by atoms with Gasteiger partial charge in [-0.2, -0.15) is 0 Å². The summed E-state index contributed by atoms with van der Waals surface area (Å²) in [5.74, 6) is 0. The minimum Gasteiger partial charge on any atom is -0.310 e. The van der Waals surface area contributed by atoms with E-state index in [1.807, 2.05) is 0 Å². The summed E-state index contributed by atoms with van der Waals surface area (Å²) in [5.41, 5.74) is 17.0. The number of benzene rings is 9. The summed E-state index contributed by atoms with van der Waals surface area (Å²) >= 11 is 0. The molecule has 0 atom stereocenters. The average molecular weight is 729 g/mol. The van der Waals surface area contributed by atoms with Crippen molar-refractivity contribution in [2.24, 2.45) is 0 Å². The minimum atomic E-state index is -0.104. The zero-order chi connectivity index (χ0) is 38.1. The van der Waals surface area contributed by atoms with Crippen LogP contribution in [0.4, 0.5) is 17.1 Å². The molecule has 270 valence electrons. The van der Waals surface area contributed by atoms with Crippen molar-refractivity contribution in [3.63, 3.8) is 0 Å². The van der Waals surface area contributed by atoms with Gasteiger partial charge in [0.2, 0.25) is 0 Å². The van der Waals surface area contributed by atoms with Gasteiger partial charge in [0.05, 0.1) is 16.7 Å². The summed E-state index contributed by atoms with van der Waals surface area (Å²) in [4.78, 5) is 2.44. The fourth-order valence-corrected chi connectivity index (χ4v) is 9.40. The number of nitrogens with zero attached hydrogens (tertiary/aromatic N) is 2. The summed E-state index contributed by atoms with van der Waals surface area (Å²) in [5, 5.41) is 4.97. The minimum absolute atomic E-state index is 0.104. The predicted octanol–water partition coefficient (Wildman–Crippen LogP) is 15.0. The molecule has 0 amide bonds. The van der Waals surface area contributed by atoms with E-state index in [-0.39, 0.29) is 5.41 Å². The van der Waals surface area contributed by atoms with Gasteiger partial charge >= 0.3 is 0 Å². The van der Waals surface area contributed by atoms with Crippen molar-refractivity contribution < 1.29 is 0 Å². The smallest absolute Gasteiger partial charge is 0.0568 e. The van der Waals surface area contributed by atoms with Gasteiger partial charge in [0.1, 0.15) is 0 Å². The molecule has 0 fully saturated rings. The molecule has 0 bridgehead atoms. The normalized spacial score (nSPS) is 12.9. The summed E-state index contributed by atoms with van der Waals surface area (Å²) in [6, 6.07) is 75.6. The van der Waals surface area contributed by atoms with Crippen molar-refractivity contribution in [1.82, 2.24) is 4.57 Å². The lowest BCUT2D eigenvalue weighted by Gasteiger charge is -2.28. The molecule has 0 saturated heterocycles. The Hall–Kier alpha value is -7.16. The first kappa shape index (κ1) is 33.2. The van der Waals surface area contributed by atoms with Gasteiger partial charge in [-0.1, -0.05) is 172 Å². The number of fused-ring (bicyclic) bond motifs is 8. The van der Waals surface area contributed by atoms with Crippen LogP contribution in [0.3, 0.4) is 0 Å². The van der Waals surface area contributed by atoms with E-state index in [4.69, 9.17) is 0 Å². The maximum Gasteiger partial charge on any atom is 0.0568 e. The standard InChI is InChI=1S/C55H40N2/c1-55(2)49-23-13-11-19-44(49)45-34-33-43(35-50(45)55)57-51-24-14-12-22-48(51)54-47-21-10-9-20-46(47)52(36-53(54)57)56(41-29-25-39(26-30-41)37-15-5-3-6-16-37)42-31-27-40(28-32-42)38-17-7-4-8-18-38/h3-36H,1-2H3. The van der Waals surface area contributed by atoms with Gasteiger partial charge in [-0.15, -0.1) is 0 Å². The van der Waals surface area contributed by atoms with E-state index < -0.39 is 0 Å². The molecule has 2 nitrogen and oxygen atoms in total. The lowest BCUT2D eigenvalue weighted by atomic mass is 9.82. The summed E-state index contributed by atoms with van der Waals surface area (Å²) in [6.07, 6.45) is 0. The third kappa shape index (κ3) is 5.25. The number of anilines is 3. The van der Waals surface area contributed by atoms with E-state index in [0.717, 1.165) is 17.1 Å². The van der Waals surface area contributed by atoms with Gasteiger partial charge in [-0.3, -0.25) is 0 Å². The molecule has 0 N–H and O–H groups in total. The third-order valence-corrected chi connectivity index (χ3v) is 12.2. The Bertz CT molecular complexity index is 3030. The second kappa shape index (κ2) is 13.0. The van der Waals surface area contributed by atoms with Gasteiger partial charge in [0.15, 0.2) is 0 Å². The van der Waals surface area contributed by atoms with Crippen LogP contribution in [0.5, 0.6) is 0 Å². The lowest BCUT2D eigenvalue weighted by molar-refractivity contribution is 0.660. The Labute approximate surface area is 333 Å². The molecule has 9 aromatic carbocycles. The third-order valence-electron chi connectivity index (χ3n) is 12.2. The summed E-state index contributed by atoms with van der Waals surface area (Å²) in [7, 11) is 0. The number of para-hydroxylation sites is 1. The Kier molecular flexibility index (Phi) is 7.55. The van der Waals surface area contributed by atoms with E-state index in [1.54, 1.807) is 0 Å². The number of hydrogen-bond acceptors (Lipinski definition) is 1. The van der Waals surface area contributed by atoms with Crippen molar-refractivity contribution in [2.45, 2.75) is 19.3 Å². The van der Waals surface area contributed by atoms with Gasteiger partial charge in [-0.25, -0.2) is 0 Å². The number of aromatic nitrogens is 1. The Morgan fingerprint density at radius 1 is 0.386 bits per heavy atom. The van der Waals surface area contributed by atoms with Crippen LogP contribution in [-0.4, -0.2) is 4.57 Å². The largest absolute Gasteiger partial charge is 0.310 e. The highest BCUT2D eigenvalue weighted by molar-refractivity contribution is 6.24. The topological polar surface area (TPSA) is 8.17 Å². The summed E-state index contributed by atoms with van der Waals surface area (Å²) in [6.45, 7) is 4.73. The first-order chi connectivity index (χ1) is 28.0. The predicted molar refractivity (Wildman–Crippen MR) is 241 cm³/mol. The Balaban J connectivity index is 1.17. The van der Waals surface area contributed by atoms with Crippen LogP contribution >= 0.6 is 0 Å². The van der Waals surface area contributed by atoms with Crippen molar-refractivity contribution >= 4 is 49.6 Å². The van der Waals surface area contributed by atoms with Gasteiger partial charge in [0.25, 0.3) is 0 Å². The van der Waals surface area contributed by atoms with Crippen LogP contribution in [0.15, 0.2) is 206 Å². The molecule has 0 aliphatic heterocycles. The van der Waals surface area contributed by atoms with Crippen molar-refractivity contribution in [3.8, 4) is 39.1 Å². The molecule has 2 heteroatoms. The Morgan fingerprint density at radius 3 is 1.54 bits per heavy atom. The summed E-state index contributed by atoms with van der Waals surface area (Å²) < 4.78 is 2.50. The maximum absolute atomic E-state index is 2.50.